The maximum Gasteiger partial charge on any atom is 0.140 e. The lowest BCUT2D eigenvalue weighted by Gasteiger charge is -2.50. The van der Waals surface area contributed by atoms with Gasteiger partial charge in [-0.05, 0) is 69.1 Å². The summed E-state index contributed by atoms with van der Waals surface area (Å²) >= 11 is 0. The van der Waals surface area contributed by atoms with Gasteiger partial charge in [-0.1, -0.05) is 24.5 Å². The van der Waals surface area contributed by atoms with Crippen LogP contribution in [0.1, 0.15) is 71.1 Å². The molecule has 1 unspecified atom stereocenters. The monoisotopic (exact) mass is 296 g/mol. The highest BCUT2D eigenvalue weighted by atomic mass is 16.1. The zero-order valence-corrected chi connectivity index (χ0v) is 13.9. The van der Waals surface area contributed by atoms with Crippen molar-refractivity contribution in [2.75, 3.05) is 0 Å². The number of Topliss-reactive ketones (excluding diaryl/α,β-unsaturated/α-hetero) is 1. The van der Waals surface area contributed by atoms with Gasteiger partial charge in [0.1, 0.15) is 5.78 Å². The fraction of sp³-hybridized carbons (Fsp3) is 0.762. The molecule has 3 fully saturated rings. The molecule has 4 aliphatic carbocycles. The summed E-state index contributed by atoms with van der Waals surface area (Å²) in [6, 6.07) is 0. The van der Waals surface area contributed by atoms with Gasteiger partial charge in [0.2, 0.25) is 0 Å². The second kappa shape index (κ2) is 5.55. The molecular formula is C21H28O. The molecule has 0 heterocycles. The SMILES string of the molecule is CC#CC[C@]12CC=C3[C@H]4CCCCC4CC[C@H]3[C@@H]1CCC2=O. The maximum absolute atomic E-state index is 12.7. The lowest BCUT2D eigenvalue weighted by molar-refractivity contribution is -0.128. The summed E-state index contributed by atoms with van der Waals surface area (Å²) in [7, 11) is 0. The largest absolute Gasteiger partial charge is 0.299 e. The number of carbonyl (C=O) groups excluding carboxylic acids is 1. The summed E-state index contributed by atoms with van der Waals surface area (Å²) in [5.41, 5.74) is 1.66. The van der Waals surface area contributed by atoms with Crippen molar-refractivity contribution in [2.45, 2.75) is 71.1 Å². The van der Waals surface area contributed by atoms with E-state index in [2.05, 4.69) is 17.9 Å². The van der Waals surface area contributed by atoms with Crippen LogP contribution in [0, 0.1) is 40.9 Å². The van der Waals surface area contributed by atoms with Gasteiger partial charge < -0.3 is 0 Å². The lowest BCUT2D eigenvalue weighted by atomic mass is 9.54. The zero-order valence-electron chi connectivity index (χ0n) is 13.9. The molecule has 0 spiro atoms. The molecule has 0 bridgehead atoms. The van der Waals surface area contributed by atoms with Gasteiger partial charge in [-0.15, -0.1) is 11.8 Å². The molecule has 4 rings (SSSR count). The minimum atomic E-state index is -0.112. The van der Waals surface area contributed by atoms with E-state index in [1.54, 1.807) is 5.57 Å². The minimum Gasteiger partial charge on any atom is -0.299 e. The Morgan fingerprint density at radius 1 is 1.14 bits per heavy atom. The van der Waals surface area contributed by atoms with Crippen molar-refractivity contribution >= 4 is 5.78 Å². The first-order valence-electron chi connectivity index (χ1n) is 9.39. The Morgan fingerprint density at radius 2 is 2.00 bits per heavy atom. The summed E-state index contributed by atoms with van der Waals surface area (Å²) in [6.07, 6.45) is 14.7. The van der Waals surface area contributed by atoms with Crippen molar-refractivity contribution in [3.05, 3.63) is 11.6 Å². The van der Waals surface area contributed by atoms with E-state index in [9.17, 15) is 4.79 Å². The number of allylic oxidation sites excluding steroid dienone is 2. The second-order valence-corrected chi connectivity index (χ2v) is 8.07. The van der Waals surface area contributed by atoms with Crippen LogP contribution in [0.3, 0.4) is 0 Å². The van der Waals surface area contributed by atoms with Gasteiger partial charge in [-0.2, -0.15) is 0 Å². The summed E-state index contributed by atoms with van der Waals surface area (Å²) in [4.78, 5) is 12.7. The molecule has 4 aliphatic rings. The predicted octanol–water partition coefficient (Wildman–Crippen LogP) is 4.91. The lowest BCUT2D eigenvalue weighted by Crippen LogP contribution is -2.43. The fourth-order valence-electron chi connectivity index (χ4n) is 6.28. The molecule has 3 saturated carbocycles. The minimum absolute atomic E-state index is 0.112. The average molecular weight is 296 g/mol. The van der Waals surface area contributed by atoms with Gasteiger partial charge in [-0.25, -0.2) is 0 Å². The van der Waals surface area contributed by atoms with Crippen molar-refractivity contribution in [2.24, 2.45) is 29.1 Å². The van der Waals surface area contributed by atoms with Crippen molar-refractivity contribution in [1.29, 1.82) is 0 Å². The van der Waals surface area contributed by atoms with E-state index in [0.29, 0.717) is 17.6 Å². The topological polar surface area (TPSA) is 17.1 Å². The average Bonchev–Trinajstić information content (AvgIpc) is 2.90. The number of hydrogen-bond donors (Lipinski definition) is 0. The summed E-state index contributed by atoms with van der Waals surface area (Å²) < 4.78 is 0. The molecule has 0 aromatic rings. The molecular weight excluding hydrogens is 268 g/mol. The van der Waals surface area contributed by atoms with Crippen molar-refractivity contribution in [3.63, 3.8) is 0 Å². The molecule has 0 aliphatic heterocycles. The molecule has 1 heteroatoms. The zero-order chi connectivity index (χ0) is 15.2. The van der Waals surface area contributed by atoms with E-state index in [1.165, 1.54) is 38.5 Å². The molecule has 0 saturated heterocycles. The third kappa shape index (κ3) is 2.03. The van der Waals surface area contributed by atoms with Crippen LogP contribution in [-0.4, -0.2) is 5.78 Å². The van der Waals surface area contributed by atoms with Crippen LogP contribution in [0.4, 0.5) is 0 Å². The first-order chi connectivity index (χ1) is 10.8. The smallest absolute Gasteiger partial charge is 0.140 e. The number of carbonyl (C=O) groups is 1. The Morgan fingerprint density at radius 3 is 2.86 bits per heavy atom. The van der Waals surface area contributed by atoms with E-state index in [0.717, 1.165) is 37.5 Å². The molecule has 0 aromatic heterocycles. The fourth-order valence-corrected chi connectivity index (χ4v) is 6.28. The summed E-state index contributed by atoms with van der Waals surface area (Å²) in [5.74, 6) is 9.94. The van der Waals surface area contributed by atoms with Crippen molar-refractivity contribution in [3.8, 4) is 11.8 Å². The first kappa shape index (κ1) is 14.6. The van der Waals surface area contributed by atoms with Crippen LogP contribution in [0.25, 0.3) is 0 Å². The molecule has 22 heavy (non-hydrogen) atoms. The highest BCUT2D eigenvalue weighted by molar-refractivity contribution is 5.88. The molecule has 0 aromatic carbocycles. The van der Waals surface area contributed by atoms with E-state index >= 15 is 0 Å². The van der Waals surface area contributed by atoms with E-state index in [1.807, 2.05) is 6.92 Å². The van der Waals surface area contributed by atoms with Crippen molar-refractivity contribution < 1.29 is 4.79 Å². The Labute approximate surface area is 134 Å². The highest BCUT2D eigenvalue weighted by Gasteiger charge is 2.55. The summed E-state index contributed by atoms with van der Waals surface area (Å²) in [5, 5.41) is 0. The van der Waals surface area contributed by atoms with Gasteiger partial charge in [0.05, 0.1) is 0 Å². The van der Waals surface area contributed by atoms with E-state index in [4.69, 9.17) is 0 Å². The maximum atomic E-state index is 12.7. The van der Waals surface area contributed by atoms with Crippen LogP contribution in [-0.2, 0) is 4.79 Å². The number of ketones is 1. The third-order valence-corrected chi connectivity index (χ3v) is 7.33. The highest BCUT2D eigenvalue weighted by Crippen LogP contribution is 2.60. The summed E-state index contributed by atoms with van der Waals surface area (Å²) in [6.45, 7) is 1.91. The Bertz CT molecular complexity index is 560. The van der Waals surface area contributed by atoms with Gasteiger partial charge >= 0.3 is 0 Å². The van der Waals surface area contributed by atoms with Crippen LogP contribution >= 0.6 is 0 Å². The van der Waals surface area contributed by atoms with Gasteiger partial charge in [0.25, 0.3) is 0 Å². The van der Waals surface area contributed by atoms with E-state index in [-0.39, 0.29) is 5.41 Å². The molecule has 0 amide bonds. The van der Waals surface area contributed by atoms with Crippen LogP contribution < -0.4 is 0 Å². The molecule has 0 N–H and O–H groups in total. The number of fused-ring (bicyclic) bond motifs is 5. The quantitative estimate of drug-likeness (QED) is 0.496. The van der Waals surface area contributed by atoms with Crippen LogP contribution in [0.2, 0.25) is 0 Å². The third-order valence-electron chi connectivity index (χ3n) is 7.33. The van der Waals surface area contributed by atoms with Gasteiger partial charge in [0, 0.05) is 18.3 Å². The predicted molar refractivity (Wildman–Crippen MR) is 89.1 cm³/mol. The Hall–Kier alpha value is -1.03. The van der Waals surface area contributed by atoms with E-state index < -0.39 is 0 Å². The molecule has 1 nitrogen and oxygen atoms in total. The Balaban J connectivity index is 1.68. The molecule has 118 valence electrons. The van der Waals surface area contributed by atoms with Crippen LogP contribution in [0.5, 0.6) is 0 Å². The first-order valence-corrected chi connectivity index (χ1v) is 9.39. The second-order valence-electron chi connectivity index (χ2n) is 8.07. The normalized spacial score (nSPS) is 43.3. The molecule has 0 radical (unpaired) electrons. The standard InChI is InChI=1S/C21H28O/c1-2-3-13-21-14-12-17-16-7-5-4-6-15(16)8-9-18(17)19(21)10-11-20(21)22/h12,15-16,18-19H,4-11,13-14H2,1H3/t15?,16-,18+,19-,21-/m0/s1. The molecule has 5 atom stereocenters. The number of rotatable bonds is 1. The number of hydrogen-bond acceptors (Lipinski definition) is 1. The van der Waals surface area contributed by atoms with Gasteiger partial charge in [-0.3, -0.25) is 4.79 Å². The van der Waals surface area contributed by atoms with Gasteiger partial charge in [0.15, 0.2) is 0 Å². The van der Waals surface area contributed by atoms with Crippen LogP contribution in [0.15, 0.2) is 11.6 Å². The Kier molecular flexibility index (Phi) is 3.67. The van der Waals surface area contributed by atoms with Crippen molar-refractivity contribution in [1.82, 2.24) is 0 Å².